The van der Waals surface area contributed by atoms with Crippen LogP contribution in [0.1, 0.15) is 38.2 Å². The fourth-order valence-corrected chi connectivity index (χ4v) is 3.86. The smallest absolute Gasteiger partial charge is 0.0615 e. The molecule has 0 spiro atoms. The average molecular weight is 290 g/mol. The number of hydrogen-bond donors (Lipinski definition) is 2. The van der Waals surface area contributed by atoms with E-state index in [0.29, 0.717) is 5.92 Å². The van der Waals surface area contributed by atoms with E-state index in [9.17, 15) is 5.11 Å². The van der Waals surface area contributed by atoms with Crippen molar-refractivity contribution in [3.05, 3.63) is 29.8 Å². The quantitative estimate of drug-likeness (QED) is 0.810. The second kappa shape index (κ2) is 7.28. The predicted octanol–water partition coefficient (Wildman–Crippen LogP) is 2.96. The predicted molar refractivity (Wildman–Crippen MR) is 89.9 cm³/mol. The van der Waals surface area contributed by atoms with Gasteiger partial charge >= 0.3 is 0 Å². The number of anilines is 1. The van der Waals surface area contributed by atoms with Crippen LogP contribution in [-0.2, 0) is 0 Å². The molecule has 1 saturated carbocycles. The van der Waals surface area contributed by atoms with Gasteiger partial charge in [0.2, 0.25) is 0 Å². The molecule has 0 amide bonds. The van der Waals surface area contributed by atoms with Crippen LogP contribution < -0.4 is 10.2 Å². The van der Waals surface area contributed by atoms with Crippen LogP contribution in [-0.4, -0.2) is 37.4 Å². The zero-order chi connectivity index (χ0) is 15.3. The van der Waals surface area contributed by atoms with E-state index in [2.05, 4.69) is 48.3 Å². The lowest BCUT2D eigenvalue weighted by Crippen LogP contribution is -2.50. The summed E-state index contributed by atoms with van der Waals surface area (Å²) in [5, 5.41) is 13.2. The van der Waals surface area contributed by atoms with Crippen molar-refractivity contribution >= 4 is 5.69 Å². The van der Waals surface area contributed by atoms with Gasteiger partial charge in [-0.15, -0.1) is 0 Å². The number of aliphatic hydroxyl groups excluding tert-OH is 1. The normalized spacial score (nSPS) is 25.2. The fourth-order valence-electron chi connectivity index (χ4n) is 3.86. The Hall–Kier alpha value is -1.06. The standard InChI is InChI=1S/C18H30N2O/c1-4-20(17-10-6-5-8-15(17)2)13-11-16-9-7-12-18(16,14-21)19-3/h5-6,8,10,16,19,21H,4,7,9,11-14H2,1-3H3. The molecule has 3 heteroatoms. The number of para-hydroxylation sites is 1. The summed E-state index contributed by atoms with van der Waals surface area (Å²) >= 11 is 0. The second-order valence-corrected chi connectivity index (χ2v) is 6.31. The Morgan fingerprint density at radius 2 is 2.14 bits per heavy atom. The van der Waals surface area contributed by atoms with E-state index in [1.54, 1.807) is 0 Å². The first-order valence-corrected chi connectivity index (χ1v) is 8.27. The van der Waals surface area contributed by atoms with E-state index in [0.717, 1.165) is 25.9 Å². The Labute approximate surface area is 129 Å². The lowest BCUT2D eigenvalue weighted by molar-refractivity contribution is 0.128. The Balaban J connectivity index is 2.02. The van der Waals surface area contributed by atoms with Crippen LogP contribution in [0, 0.1) is 12.8 Å². The third kappa shape index (κ3) is 3.41. The highest BCUT2D eigenvalue weighted by Gasteiger charge is 2.40. The second-order valence-electron chi connectivity index (χ2n) is 6.31. The van der Waals surface area contributed by atoms with Gasteiger partial charge in [-0.2, -0.15) is 0 Å². The molecule has 0 heterocycles. The van der Waals surface area contributed by atoms with E-state index in [-0.39, 0.29) is 12.1 Å². The molecule has 2 N–H and O–H groups in total. The summed E-state index contributed by atoms with van der Waals surface area (Å²) in [5.41, 5.74) is 2.63. The number of nitrogens with zero attached hydrogens (tertiary/aromatic N) is 1. The topological polar surface area (TPSA) is 35.5 Å². The summed E-state index contributed by atoms with van der Waals surface area (Å²) in [6.07, 6.45) is 4.69. The van der Waals surface area contributed by atoms with Crippen LogP contribution in [0.15, 0.2) is 24.3 Å². The zero-order valence-corrected chi connectivity index (χ0v) is 13.7. The summed E-state index contributed by atoms with van der Waals surface area (Å²) in [6.45, 7) is 6.75. The summed E-state index contributed by atoms with van der Waals surface area (Å²) in [5.74, 6) is 0.575. The first kappa shape index (κ1) is 16.3. The third-order valence-electron chi connectivity index (χ3n) is 5.32. The van der Waals surface area contributed by atoms with Crippen LogP contribution in [0.2, 0.25) is 0 Å². The first-order valence-electron chi connectivity index (χ1n) is 8.27. The van der Waals surface area contributed by atoms with Gasteiger partial charge < -0.3 is 15.3 Å². The molecule has 0 bridgehead atoms. The van der Waals surface area contributed by atoms with Gasteiger partial charge in [-0.05, 0) is 57.7 Å². The van der Waals surface area contributed by atoms with Crippen LogP contribution in [0.4, 0.5) is 5.69 Å². The molecule has 1 aliphatic carbocycles. The van der Waals surface area contributed by atoms with Gasteiger partial charge in [-0.3, -0.25) is 0 Å². The molecule has 1 fully saturated rings. The number of aliphatic hydroxyl groups is 1. The molecule has 118 valence electrons. The number of nitrogens with one attached hydrogen (secondary N) is 1. The Morgan fingerprint density at radius 3 is 2.76 bits per heavy atom. The molecule has 2 rings (SSSR count). The van der Waals surface area contributed by atoms with Crippen LogP contribution in [0.25, 0.3) is 0 Å². The van der Waals surface area contributed by atoms with Crippen molar-refractivity contribution in [1.82, 2.24) is 5.32 Å². The highest BCUT2D eigenvalue weighted by molar-refractivity contribution is 5.52. The molecule has 2 atom stereocenters. The average Bonchev–Trinajstić information content (AvgIpc) is 2.93. The van der Waals surface area contributed by atoms with Gasteiger partial charge in [0.05, 0.1) is 6.61 Å². The van der Waals surface area contributed by atoms with E-state index in [4.69, 9.17) is 0 Å². The SMILES string of the molecule is CCN(CCC1CCCC1(CO)NC)c1ccccc1C. The maximum atomic E-state index is 9.79. The van der Waals surface area contributed by atoms with Crippen LogP contribution >= 0.6 is 0 Å². The number of benzene rings is 1. The maximum absolute atomic E-state index is 9.79. The van der Waals surface area contributed by atoms with E-state index >= 15 is 0 Å². The fraction of sp³-hybridized carbons (Fsp3) is 0.667. The monoisotopic (exact) mass is 290 g/mol. The summed E-state index contributed by atoms with van der Waals surface area (Å²) in [7, 11) is 1.99. The van der Waals surface area contributed by atoms with Crippen molar-refractivity contribution in [3.63, 3.8) is 0 Å². The molecule has 3 nitrogen and oxygen atoms in total. The highest BCUT2D eigenvalue weighted by Crippen LogP contribution is 2.37. The Morgan fingerprint density at radius 1 is 1.38 bits per heavy atom. The number of aryl methyl sites for hydroxylation is 1. The molecular formula is C18H30N2O. The molecule has 0 saturated heterocycles. The van der Waals surface area contributed by atoms with Crippen molar-refractivity contribution < 1.29 is 5.11 Å². The third-order valence-corrected chi connectivity index (χ3v) is 5.32. The van der Waals surface area contributed by atoms with Gasteiger partial charge in [-0.1, -0.05) is 24.6 Å². The minimum absolute atomic E-state index is 0.0505. The zero-order valence-electron chi connectivity index (χ0n) is 13.7. The number of likely N-dealkylation sites (N-methyl/N-ethyl adjacent to an activating group) is 1. The highest BCUT2D eigenvalue weighted by atomic mass is 16.3. The summed E-state index contributed by atoms with van der Waals surface area (Å²) < 4.78 is 0. The molecule has 0 aliphatic heterocycles. The van der Waals surface area contributed by atoms with Crippen molar-refractivity contribution in [2.75, 3.05) is 31.6 Å². The van der Waals surface area contributed by atoms with E-state index in [1.807, 2.05) is 7.05 Å². The Bertz CT molecular complexity index is 443. The van der Waals surface area contributed by atoms with Crippen molar-refractivity contribution in [2.45, 2.75) is 45.1 Å². The summed E-state index contributed by atoms with van der Waals surface area (Å²) in [6, 6.07) is 8.61. The van der Waals surface area contributed by atoms with Crippen molar-refractivity contribution in [2.24, 2.45) is 5.92 Å². The van der Waals surface area contributed by atoms with Crippen LogP contribution in [0.5, 0.6) is 0 Å². The molecule has 0 radical (unpaired) electrons. The first-order chi connectivity index (χ1) is 10.2. The molecule has 0 aromatic heterocycles. The molecular weight excluding hydrogens is 260 g/mol. The van der Waals surface area contributed by atoms with Gasteiger partial charge in [0.25, 0.3) is 0 Å². The molecule has 2 unspecified atom stereocenters. The molecule has 1 aromatic rings. The van der Waals surface area contributed by atoms with Crippen molar-refractivity contribution in [1.29, 1.82) is 0 Å². The lowest BCUT2D eigenvalue weighted by Gasteiger charge is -2.35. The minimum Gasteiger partial charge on any atom is -0.394 e. The molecule has 1 aromatic carbocycles. The van der Waals surface area contributed by atoms with Gasteiger partial charge in [-0.25, -0.2) is 0 Å². The Kier molecular flexibility index (Phi) is 5.65. The van der Waals surface area contributed by atoms with Gasteiger partial charge in [0.15, 0.2) is 0 Å². The maximum Gasteiger partial charge on any atom is 0.0615 e. The van der Waals surface area contributed by atoms with Crippen LogP contribution in [0.3, 0.4) is 0 Å². The number of rotatable bonds is 7. The number of hydrogen-bond acceptors (Lipinski definition) is 3. The van der Waals surface area contributed by atoms with Gasteiger partial charge in [0, 0.05) is 24.3 Å². The minimum atomic E-state index is -0.0505. The summed E-state index contributed by atoms with van der Waals surface area (Å²) in [4.78, 5) is 2.46. The lowest BCUT2D eigenvalue weighted by atomic mass is 9.85. The molecule has 1 aliphatic rings. The largest absolute Gasteiger partial charge is 0.394 e. The molecule has 21 heavy (non-hydrogen) atoms. The van der Waals surface area contributed by atoms with Crippen molar-refractivity contribution in [3.8, 4) is 0 Å². The van der Waals surface area contributed by atoms with Gasteiger partial charge in [0.1, 0.15) is 0 Å². The van der Waals surface area contributed by atoms with E-state index in [1.165, 1.54) is 24.1 Å². The van der Waals surface area contributed by atoms with E-state index < -0.39 is 0 Å².